The summed E-state index contributed by atoms with van der Waals surface area (Å²) in [5.74, 6) is 1.30. The molecule has 0 saturated heterocycles. The van der Waals surface area contributed by atoms with Gasteiger partial charge in [-0.15, -0.1) is 0 Å². The van der Waals surface area contributed by atoms with Gasteiger partial charge in [0.1, 0.15) is 0 Å². The van der Waals surface area contributed by atoms with Crippen LogP contribution in [0.15, 0.2) is 30.3 Å². The van der Waals surface area contributed by atoms with Gasteiger partial charge >= 0.3 is 0 Å². The lowest BCUT2D eigenvalue weighted by Crippen LogP contribution is -2.17. The van der Waals surface area contributed by atoms with Crippen LogP contribution in [-0.2, 0) is 6.42 Å². The van der Waals surface area contributed by atoms with Gasteiger partial charge in [-0.25, -0.2) is 0 Å². The summed E-state index contributed by atoms with van der Waals surface area (Å²) in [5, 5.41) is 3.51. The molecule has 0 saturated carbocycles. The molecule has 16 heavy (non-hydrogen) atoms. The van der Waals surface area contributed by atoms with E-state index in [1.54, 1.807) is 0 Å². The molecule has 2 heteroatoms. The van der Waals surface area contributed by atoms with E-state index in [4.69, 9.17) is 0 Å². The molecule has 1 nitrogen and oxygen atoms in total. The quantitative estimate of drug-likeness (QED) is 0.661. The Morgan fingerprint density at radius 2 is 1.75 bits per heavy atom. The molecule has 0 fully saturated rings. The predicted molar refractivity (Wildman–Crippen MR) is 75.2 cm³/mol. The smallest absolute Gasteiger partial charge is 0.00457 e. The first-order valence-electron chi connectivity index (χ1n) is 6.17. The van der Waals surface area contributed by atoms with Gasteiger partial charge < -0.3 is 5.32 Å². The van der Waals surface area contributed by atoms with E-state index in [0.29, 0.717) is 0 Å². The van der Waals surface area contributed by atoms with Gasteiger partial charge in [0.2, 0.25) is 0 Å². The lowest BCUT2D eigenvalue weighted by atomic mass is 10.1. The van der Waals surface area contributed by atoms with Crippen LogP contribution in [0.4, 0.5) is 0 Å². The van der Waals surface area contributed by atoms with Crippen molar-refractivity contribution in [3.63, 3.8) is 0 Å². The molecule has 0 aromatic heterocycles. The SMILES string of the molecule is CSCCCCNCCCc1ccccc1. The molecule has 0 spiro atoms. The Balaban J connectivity index is 1.89. The van der Waals surface area contributed by atoms with Crippen molar-refractivity contribution in [1.82, 2.24) is 5.32 Å². The van der Waals surface area contributed by atoms with Crippen molar-refractivity contribution in [3.8, 4) is 0 Å². The predicted octanol–water partition coefficient (Wildman–Crippen LogP) is 3.35. The minimum absolute atomic E-state index is 1.15. The Hall–Kier alpha value is -0.470. The van der Waals surface area contributed by atoms with Gasteiger partial charge in [-0.2, -0.15) is 11.8 Å². The topological polar surface area (TPSA) is 12.0 Å². The summed E-state index contributed by atoms with van der Waals surface area (Å²) in [7, 11) is 0. The fourth-order valence-electron chi connectivity index (χ4n) is 1.68. The fraction of sp³-hybridized carbons (Fsp3) is 0.571. The molecular formula is C14H23NS. The highest BCUT2D eigenvalue weighted by Gasteiger charge is 1.92. The highest BCUT2D eigenvalue weighted by molar-refractivity contribution is 7.98. The van der Waals surface area contributed by atoms with E-state index in [2.05, 4.69) is 41.9 Å². The second-order valence-electron chi connectivity index (χ2n) is 4.04. The maximum Gasteiger partial charge on any atom is -0.00457 e. The van der Waals surface area contributed by atoms with E-state index in [0.717, 1.165) is 6.54 Å². The van der Waals surface area contributed by atoms with E-state index in [1.807, 2.05) is 11.8 Å². The summed E-state index contributed by atoms with van der Waals surface area (Å²) in [5.41, 5.74) is 1.45. The third-order valence-corrected chi connectivity index (χ3v) is 3.31. The molecule has 1 N–H and O–H groups in total. The lowest BCUT2D eigenvalue weighted by Gasteiger charge is -2.04. The molecule has 90 valence electrons. The number of thioether (sulfide) groups is 1. The highest BCUT2D eigenvalue weighted by Crippen LogP contribution is 2.01. The summed E-state index contributed by atoms with van der Waals surface area (Å²) in [4.78, 5) is 0. The van der Waals surface area contributed by atoms with Crippen LogP contribution in [0, 0.1) is 0 Å². The molecule has 1 rings (SSSR count). The number of rotatable bonds is 9. The van der Waals surface area contributed by atoms with E-state index < -0.39 is 0 Å². The highest BCUT2D eigenvalue weighted by atomic mass is 32.2. The largest absolute Gasteiger partial charge is 0.317 e. The molecule has 0 atom stereocenters. The van der Waals surface area contributed by atoms with Crippen molar-refractivity contribution in [1.29, 1.82) is 0 Å². The van der Waals surface area contributed by atoms with Crippen molar-refractivity contribution in [2.75, 3.05) is 25.1 Å². The molecule has 0 aliphatic rings. The van der Waals surface area contributed by atoms with Crippen LogP contribution >= 0.6 is 11.8 Å². The van der Waals surface area contributed by atoms with E-state index in [-0.39, 0.29) is 0 Å². The number of aryl methyl sites for hydroxylation is 1. The van der Waals surface area contributed by atoms with Crippen molar-refractivity contribution in [2.24, 2.45) is 0 Å². The summed E-state index contributed by atoms with van der Waals surface area (Å²) >= 11 is 1.94. The van der Waals surface area contributed by atoms with Gasteiger partial charge in [-0.3, -0.25) is 0 Å². The summed E-state index contributed by atoms with van der Waals surface area (Å²) < 4.78 is 0. The number of unbranched alkanes of at least 4 members (excludes halogenated alkanes) is 1. The van der Waals surface area contributed by atoms with Crippen LogP contribution in [0.5, 0.6) is 0 Å². The van der Waals surface area contributed by atoms with Crippen molar-refractivity contribution in [2.45, 2.75) is 25.7 Å². The molecule has 1 aromatic rings. The van der Waals surface area contributed by atoms with Crippen LogP contribution in [-0.4, -0.2) is 25.1 Å². The van der Waals surface area contributed by atoms with Gasteiger partial charge in [0, 0.05) is 0 Å². The maximum absolute atomic E-state index is 3.51. The Bertz CT molecular complexity index is 248. The monoisotopic (exact) mass is 237 g/mol. The van der Waals surface area contributed by atoms with E-state index in [1.165, 1.54) is 43.5 Å². The molecule has 0 unspecified atom stereocenters. The Morgan fingerprint density at radius 1 is 1.00 bits per heavy atom. The zero-order valence-corrected chi connectivity index (χ0v) is 11.1. The molecule has 0 amide bonds. The fourth-order valence-corrected chi connectivity index (χ4v) is 2.18. The van der Waals surface area contributed by atoms with Crippen LogP contribution in [0.2, 0.25) is 0 Å². The normalized spacial score (nSPS) is 10.6. The third kappa shape index (κ3) is 6.91. The molecule has 0 heterocycles. The minimum atomic E-state index is 1.15. The number of benzene rings is 1. The number of hydrogen-bond acceptors (Lipinski definition) is 2. The van der Waals surface area contributed by atoms with Crippen molar-refractivity contribution in [3.05, 3.63) is 35.9 Å². The van der Waals surface area contributed by atoms with Gasteiger partial charge in [0.15, 0.2) is 0 Å². The second kappa shape index (κ2) is 9.73. The Morgan fingerprint density at radius 3 is 2.50 bits per heavy atom. The van der Waals surface area contributed by atoms with Crippen LogP contribution in [0.3, 0.4) is 0 Å². The van der Waals surface area contributed by atoms with Gasteiger partial charge in [0.05, 0.1) is 0 Å². The van der Waals surface area contributed by atoms with Crippen LogP contribution < -0.4 is 5.32 Å². The summed E-state index contributed by atoms with van der Waals surface area (Å²) in [6, 6.07) is 10.7. The molecular weight excluding hydrogens is 214 g/mol. The first kappa shape index (κ1) is 13.6. The molecule has 0 bridgehead atoms. The first-order chi connectivity index (χ1) is 7.93. The standard InChI is InChI=1S/C14H23NS/c1-16-13-6-5-11-15-12-7-10-14-8-3-2-4-9-14/h2-4,8-9,15H,5-7,10-13H2,1H3. The van der Waals surface area contributed by atoms with Crippen molar-refractivity contribution >= 4 is 11.8 Å². The van der Waals surface area contributed by atoms with Gasteiger partial charge in [0.25, 0.3) is 0 Å². The summed E-state index contributed by atoms with van der Waals surface area (Å²) in [6.45, 7) is 2.32. The third-order valence-electron chi connectivity index (χ3n) is 2.61. The number of hydrogen-bond donors (Lipinski definition) is 1. The van der Waals surface area contributed by atoms with Gasteiger partial charge in [-0.05, 0) is 56.3 Å². The second-order valence-corrected chi connectivity index (χ2v) is 5.02. The molecule has 1 aromatic carbocycles. The minimum Gasteiger partial charge on any atom is -0.317 e. The Labute approximate surface area is 104 Å². The molecule has 0 aliphatic carbocycles. The zero-order valence-electron chi connectivity index (χ0n) is 10.2. The van der Waals surface area contributed by atoms with Gasteiger partial charge in [-0.1, -0.05) is 30.3 Å². The van der Waals surface area contributed by atoms with Crippen LogP contribution in [0.1, 0.15) is 24.8 Å². The van der Waals surface area contributed by atoms with E-state index in [9.17, 15) is 0 Å². The molecule has 0 aliphatic heterocycles. The lowest BCUT2D eigenvalue weighted by molar-refractivity contribution is 0.618. The average molecular weight is 237 g/mol. The van der Waals surface area contributed by atoms with Crippen LogP contribution in [0.25, 0.3) is 0 Å². The maximum atomic E-state index is 3.51. The van der Waals surface area contributed by atoms with E-state index >= 15 is 0 Å². The zero-order chi connectivity index (χ0) is 11.5. The Kier molecular flexibility index (Phi) is 8.27. The number of nitrogens with one attached hydrogen (secondary N) is 1. The first-order valence-corrected chi connectivity index (χ1v) is 7.56. The molecule has 0 radical (unpaired) electrons. The van der Waals surface area contributed by atoms with Crippen molar-refractivity contribution < 1.29 is 0 Å². The summed E-state index contributed by atoms with van der Waals surface area (Å²) in [6.07, 6.45) is 7.26. The average Bonchev–Trinajstić information content (AvgIpc) is 2.34.